The van der Waals surface area contributed by atoms with Gasteiger partial charge in [0, 0.05) is 6.42 Å². The van der Waals surface area contributed by atoms with Gasteiger partial charge in [-0.25, -0.2) is 4.98 Å². The fraction of sp³-hybridized carbons (Fsp3) is 0.556. The molecule has 0 radical (unpaired) electrons. The Bertz CT molecular complexity index is 253. The summed E-state index contributed by atoms with van der Waals surface area (Å²) in [5.41, 5.74) is 0.564. The van der Waals surface area contributed by atoms with E-state index in [0.29, 0.717) is 11.6 Å². The normalized spacial score (nSPS) is 10.6. The molecular weight excluding hydrogens is 152 g/mol. The summed E-state index contributed by atoms with van der Waals surface area (Å²) in [5, 5.41) is 0. The molecule has 0 bridgehead atoms. The third-order valence-corrected chi connectivity index (χ3v) is 1.73. The van der Waals surface area contributed by atoms with Crippen LogP contribution in [0.5, 0.6) is 0 Å². The van der Waals surface area contributed by atoms with E-state index in [0.717, 1.165) is 25.0 Å². The van der Waals surface area contributed by atoms with Gasteiger partial charge in [0.1, 0.15) is 5.82 Å². The molecule has 3 nitrogen and oxygen atoms in total. The number of H-pyrrole nitrogens is 1. The zero-order valence-electron chi connectivity index (χ0n) is 7.50. The topological polar surface area (TPSA) is 45.8 Å². The summed E-state index contributed by atoms with van der Waals surface area (Å²) >= 11 is 0. The van der Waals surface area contributed by atoms with Crippen molar-refractivity contribution in [2.45, 2.75) is 26.7 Å². The summed E-state index contributed by atoms with van der Waals surface area (Å²) in [5.74, 6) is 1.58. The fourth-order valence-corrected chi connectivity index (χ4v) is 0.991. The lowest BCUT2D eigenvalue weighted by Crippen LogP contribution is -1.94. The molecule has 1 heterocycles. The summed E-state index contributed by atoms with van der Waals surface area (Å²) in [6, 6.07) is 0. The minimum atomic E-state index is 0.564. The summed E-state index contributed by atoms with van der Waals surface area (Å²) in [4.78, 5) is 17.3. The Balaban J connectivity index is 2.47. The van der Waals surface area contributed by atoms with Crippen LogP contribution in [0.4, 0.5) is 0 Å². The highest BCUT2D eigenvalue weighted by molar-refractivity contribution is 5.71. The molecule has 0 atom stereocenters. The minimum absolute atomic E-state index is 0.564. The second-order valence-electron chi connectivity index (χ2n) is 3.34. The van der Waals surface area contributed by atoms with E-state index in [1.165, 1.54) is 0 Å². The highest BCUT2D eigenvalue weighted by Crippen LogP contribution is 2.05. The second-order valence-corrected chi connectivity index (χ2v) is 3.34. The van der Waals surface area contributed by atoms with E-state index in [9.17, 15) is 4.79 Å². The molecule has 12 heavy (non-hydrogen) atoms. The first-order chi connectivity index (χ1) is 5.72. The van der Waals surface area contributed by atoms with Gasteiger partial charge in [-0.1, -0.05) is 13.8 Å². The molecule has 66 valence electrons. The van der Waals surface area contributed by atoms with Crippen LogP contribution in [-0.2, 0) is 6.42 Å². The molecule has 1 rings (SSSR count). The predicted octanol–water partition coefficient (Wildman–Crippen LogP) is 1.81. The number of carbonyl (C=O) groups excluding carboxylic acids is 1. The van der Waals surface area contributed by atoms with Crippen molar-refractivity contribution in [2.75, 3.05) is 0 Å². The van der Waals surface area contributed by atoms with Gasteiger partial charge in [-0.15, -0.1) is 0 Å². The molecule has 0 aromatic carbocycles. The molecule has 1 aromatic rings. The van der Waals surface area contributed by atoms with Gasteiger partial charge < -0.3 is 4.98 Å². The number of hydrogen-bond donors (Lipinski definition) is 1. The number of aromatic amines is 1. The number of aromatic nitrogens is 2. The van der Waals surface area contributed by atoms with Crippen molar-refractivity contribution < 1.29 is 4.79 Å². The maximum Gasteiger partial charge on any atom is 0.167 e. The molecule has 0 aliphatic rings. The van der Waals surface area contributed by atoms with Crippen LogP contribution in [0.25, 0.3) is 0 Å². The number of hydrogen-bond acceptors (Lipinski definition) is 2. The number of nitrogens with one attached hydrogen (secondary N) is 1. The first-order valence-corrected chi connectivity index (χ1v) is 4.21. The number of nitrogens with zero attached hydrogens (tertiary/aromatic N) is 1. The van der Waals surface area contributed by atoms with Crippen LogP contribution in [0, 0.1) is 5.92 Å². The Morgan fingerprint density at radius 3 is 2.92 bits per heavy atom. The van der Waals surface area contributed by atoms with E-state index < -0.39 is 0 Å². The lowest BCUT2D eigenvalue weighted by atomic mass is 10.1. The van der Waals surface area contributed by atoms with Crippen molar-refractivity contribution >= 4 is 6.29 Å². The third kappa shape index (κ3) is 2.49. The van der Waals surface area contributed by atoms with E-state index in [1.807, 2.05) is 0 Å². The van der Waals surface area contributed by atoms with Gasteiger partial charge in [-0.3, -0.25) is 4.79 Å². The standard InChI is InChI=1S/C9H14N2O/c1-7(2)3-4-9-10-5-8(6-12)11-9/h5-7H,3-4H2,1-2H3,(H,10,11). The Kier molecular flexibility index (Phi) is 3.02. The van der Waals surface area contributed by atoms with Crippen LogP contribution in [0.15, 0.2) is 6.20 Å². The quantitative estimate of drug-likeness (QED) is 0.693. The van der Waals surface area contributed by atoms with Crippen molar-refractivity contribution in [1.82, 2.24) is 9.97 Å². The molecule has 0 spiro atoms. The Labute approximate surface area is 72.2 Å². The molecule has 0 saturated carbocycles. The molecule has 0 unspecified atom stereocenters. The molecule has 3 heteroatoms. The van der Waals surface area contributed by atoms with E-state index in [1.54, 1.807) is 6.20 Å². The second kappa shape index (κ2) is 4.04. The van der Waals surface area contributed by atoms with Crippen molar-refractivity contribution in [2.24, 2.45) is 5.92 Å². The SMILES string of the molecule is CC(C)CCc1ncc(C=O)[nH]1. The molecule has 0 amide bonds. The van der Waals surface area contributed by atoms with E-state index in [2.05, 4.69) is 23.8 Å². The zero-order valence-corrected chi connectivity index (χ0v) is 7.50. The zero-order chi connectivity index (χ0) is 8.97. The maximum absolute atomic E-state index is 10.3. The average Bonchev–Trinajstić information content (AvgIpc) is 2.48. The predicted molar refractivity (Wildman–Crippen MR) is 47.1 cm³/mol. The molecule has 0 aliphatic heterocycles. The van der Waals surface area contributed by atoms with Crippen LogP contribution in [0.3, 0.4) is 0 Å². The number of imidazole rings is 1. The van der Waals surface area contributed by atoms with E-state index in [-0.39, 0.29) is 0 Å². The summed E-state index contributed by atoms with van der Waals surface area (Å²) in [6.07, 6.45) is 4.38. The number of aryl methyl sites for hydroxylation is 1. The van der Waals surface area contributed by atoms with E-state index >= 15 is 0 Å². The fourth-order valence-electron chi connectivity index (χ4n) is 0.991. The average molecular weight is 166 g/mol. The molecule has 1 N–H and O–H groups in total. The lowest BCUT2D eigenvalue weighted by Gasteiger charge is -2.00. The first kappa shape index (κ1) is 8.97. The third-order valence-electron chi connectivity index (χ3n) is 1.73. The number of rotatable bonds is 4. The van der Waals surface area contributed by atoms with Gasteiger partial charge in [0.2, 0.25) is 0 Å². The van der Waals surface area contributed by atoms with Crippen LogP contribution < -0.4 is 0 Å². The molecule has 0 saturated heterocycles. The Hall–Kier alpha value is -1.12. The Morgan fingerprint density at radius 2 is 2.42 bits per heavy atom. The highest BCUT2D eigenvalue weighted by Gasteiger charge is 2.00. The summed E-state index contributed by atoms with van der Waals surface area (Å²) in [7, 11) is 0. The van der Waals surface area contributed by atoms with Crippen LogP contribution in [0.1, 0.15) is 36.6 Å². The first-order valence-electron chi connectivity index (χ1n) is 4.21. The van der Waals surface area contributed by atoms with Crippen molar-refractivity contribution in [1.29, 1.82) is 0 Å². The van der Waals surface area contributed by atoms with Gasteiger partial charge in [0.05, 0.1) is 11.9 Å². The number of carbonyl (C=O) groups is 1. The summed E-state index contributed by atoms with van der Waals surface area (Å²) < 4.78 is 0. The van der Waals surface area contributed by atoms with Crippen molar-refractivity contribution in [3.8, 4) is 0 Å². The summed E-state index contributed by atoms with van der Waals surface area (Å²) in [6.45, 7) is 4.34. The Morgan fingerprint density at radius 1 is 1.67 bits per heavy atom. The van der Waals surface area contributed by atoms with Crippen molar-refractivity contribution in [3.63, 3.8) is 0 Å². The van der Waals surface area contributed by atoms with Crippen molar-refractivity contribution in [3.05, 3.63) is 17.7 Å². The molecule has 1 aromatic heterocycles. The van der Waals surface area contributed by atoms with Gasteiger partial charge in [-0.2, -0.15) is 0 Å². The van der Waals surface area contributed by atoms with Gasteiger partial charge in [-0.05, 0) is 12.3 Å². The van der Waals surface area contributed by atoms with Gasteiger partial charge in [0.15, 0.2) is 6.29 Å². The lowest BCUT2D eigenvalue weighted by molar-refractivity contribution is 0.111. The minimum Gasteiger partial charge on any atom is -0.340 e. The number of aldehydes is 1. The molecule has 0 aliphatic carbocycles. The smallest absolute Gasteiger partial charge is 0.167 e. The van der Waals surface area contributed by atoms with Crippen LogP contribution in [-0.4, -0.2) is 16.3 Å². The van der Waals surface area contributed by atoms with E-state index in [4.69, 9.17) is 0 Å². The molecule has 0 fully saturated rings. The van der Waals surface area contributed by atoms with Crippen LogP contribution >= 0.6 is 0 Å². The van der Waals surface area contributed by atoms with Gasteiger partial charge >= 0.3 is 0 Å². The largest absolute Gasteiger partial charge is 0.340 e. The maximum atomic E-state index is 10.3. The van der Waals surface area contributed by atoms with Crippen LogP contribution in [0.2, 0.25) is 0 Å². The highest BCUT2D eigenvalue weighted by atomic mass is 16.1. The van der Waals surface area contributed by atoms with Gasteiger partial charge in [0.25, 0.3) is 0 Å². The monoisotopic (exact) mass is 166 g/mol. The molecular formula is C9H14N2O.